The Hall–Kier alpha value is -3.23. The SMILES string of the molecule is Cc1nc2c(ncn2[C@H]2[C@H](O)[C@@H]3OP(=O)(O)OC[C@H]4O[C@@H](n5cnc6c(N)ncnc65)[C@H](F)[C@@H]4OP(=O)(O)OCC34C[C@H]24)c(=O)[nH]1. The molecule has 4 aliphatic rings. The standard InChI is InChI=1S/C23H26FN9O11P2/c1-8-30-20-13(21(35)31-8)29-6-32(20)14-9-2-23(9)4-41-46(38,39)43-16-10(3-40-45(36,37)44-17(23)15(14)34)42-22(11(16)24)33-7-28-12-18(25)26-5-27-19(12)33/h5-7,9-11,14-17,22,34H,2-4H2,1H3,(H,36,37)(H,38,39)(H2,25,26,27)(H,30,31,35)/t9-,10-,11-,14-,15+,16-,17+,22-,23?/m1/s1. The fourth-order valence-corrected chi connectivity index (χ4v) is 8.93. The number of nitrogens with two attached hydrogens (primary N) is 1. The number of fused-ring (bicyclic) bond motifs is 3. The molecule has 2 saturated heterocycles. The van der Waals surface area contributed by atoms with Crippen LogP contribution >= 0.6 is 15.6 Å². The summed E-state index contributed by atoms with van der Waals surface area (Å²) in [6.45, 7) is 0.138. The summed E-state index contributed by atoms with van der Waals surface area (Å²) in [4.78, 5) is 56.9. The van der Waals surface area contributed by atoms with Crippen LogP contribution in [0.5, 0.6) is 0 Å². The number of hydrogen-bond acceptors (Lipinski definition) is 15. The summed E-state index contributed by atoms with van der Waals surface area (Å²) >= 11 is 0. The van der Waals surface area contributed by atoms with E-state index in [-0.39, 0.29) is 40.4 Å². The molecule has 0 radical (unpaired) electrons. The lowest BCUT2D eigenvalue weighted by Crippen LogP contribution is -2.39. The number of halogens is 1. The molecule has 246 valence electrons. The quantitative estimate of drug-likeness (QED) is 0.174. The fraction of sp³-hybridized carbons (Fsp3) is 0.565. The van der Waals surface area contributed by atoms with Gasteiger partial charge in [-0.2, -0.15) is 0 Å². The molecule has 46 heavy (non-hydrogen) atoms. The number of phosphoric acid groups is 2. The molecule has 0 amide bonds. The van der Waals surface area contributed by atoms with Crippen molar-refractivity contribution >= 4 is 43.8 Å². The van der Waals surface area contributed by atoms with Gasteiger partial charge in [0.15, 0.2) is 35.0 Å². The zero-order valence-corrected chi connectivity index (χ0v) is 25.3. The Bertz CT molecular complexity index is 2040. The zero-order valence-electron chi connectivity index (χ0n) is 23.6. The van der Waals surface area contributed by atoms with Crippen LogP contribution in [0.4, 0.5) is 10.2 Å². The molecular weight excluding hydrogens is 659 g/mol. The first-order valence-electron chi connectivity index (χ1n) is 13.9. The molecule has 8 rings (SSSR count). The minimum absolute atomic E-state index is 0.00482. The van der Waals surface area contributed by atoms with Crippen molar-refractivity contribution < 1.29 is 51.2 Å². The maximum atomic E-state index is 16.0. The first-order chi connectivity index (χ1) is 21.8. The number of anilines is 1. The highest BCUT2D eigenvalue weighted by Gasteiger charge is 2.74. The van der Waals surface area contributed by atoms with Crippen LogP contribution in [-0.2, 0) is 32.0 Å². The topological polar surface area (TPSA) is 274 Å². The first kappa shape index (κ1) is 30.1. The molecule has 2 aliphatic carbocycles. The number of H-pyrrole nitrogens is 1. The highest BCUT2D eigenvalue weighted by molar-refractivity contribution is 7.47. The maximum absolute atomic E-state index is 16.0. The van der Waals surface area contributed by atoms with E-state index in [2.05, 4.69) is 29.9 Å². The van der Waals surface area contributed by atoms with Crippen LogP contribution in [-0.4, -0.2) is 97.7 Å². The summed E-state index contributed by atoms with van der Waals surface area (Å²) in [5, 5.41) is 11.5. The molecule has 1 spiro atoms. The Morgan fingerprint density at radius 1 is 1.07 bits per heavy atom. The summed E-state index contributed by atoms with van der Waals surface area (Å²) in [5.74, 6) is -0.252. The number of phosphoric ester groups is 2. The number of hydrogen-bond donors (Lipinski definition) is 5. The second kappa shape index (κ2) is 10.1. The molecule has 6 N–H and O–H groups in total. The average molecular weight is 685 g/mol. The third-order valence-electron chi connectivity index (χ3n) is 9.02. The molecule has 20 nitrogen and oxygen atoms in total. The highest BCUT2D eigenvalue weighted by atomic mass is 31.2. The second-order valence-corrected chi connectivity index (χ2v) is 14.5. The number of alkyl halides is 1. The van der Waals surface area contributed by atoms with E-state index in [9.17, 15) is 28.8 Å². The summed E-state index contributed by atoms with van der Waals surface area (Å²) in [7, 11) is -10.1. The zero-order chi connectivity index (χ0) is 32.3. The fourth-order valence-electron chi connectivity index (χ4n) is 6.89. The summed E-state index contributed by atoms with van der Waals surface area (Å²) in [5.41, 5.74) is 4.43. The third kappa shape index (κ3) is 4.57. The van der Waals surface area contributed by atoms with E-state index in [4.69, 9.17) is 28.6 Å². The van der Waals surface area contributed by atoms with Crippen molar-refractivity contribution in [1.82, 2.24) is 39.0 Å². The molecular formula is C23H26FN9O11P2. The van der Waals surface area contributed by atoms with E-state index in [0.717, 1.165) is 6.33 Å². The molecule has 11 atom stereocenters. The van der Waals surface area contributed by atoms with Gasteiger partial charge >= 0.3 is 15.6 Å². The Labute approximate surface area is 255 Å². The number of imidazole rings is 2. The Morgan fingerprint density at radius 2 is 1.80 bits per heavy atom. The molecule has 2 saturated carbocycles. The van der Waals surface area contributed by atoms with E-state index in [1.165, 1.54) is 21.8 Å². The normalized spacial score (nSPS) is 41.1. The summed E-state index contributed by atoms with van der Waals surface area (Å²) in [6.07, 6.45) is -6.20. The van der Waals surface area contributed by atoms with Gasteiger partial charge in [-0.1, -0.05) is 0 Å². The number of nitrogen functional groups attached to an aromatic ring is 1. The van der Waals surface area contributed by atoms with Crippen molar-refractivity contribution in [2.24, 2.45) is 11.3 Å². The van der Waals surface area contributed by atoms with Crippen molar-refractivity contribution in [1.29, 1.82) is 0 Å². The number of nitrogens with zero attached hydrogens (tertiary/aromatic N) is 7. The van der Waals surface area contributed by atoms with Crippen molar-refractivity contribution in [3.8, 4) is 0 Å². The van der Waals surface area contributed by atoms with E-state index >= 15 is 4.39 Å². The smallest absolute Gasteiger partial charge is 0.388 e. The van der Waals surface area contributed by atoms with E-state index < -0.39 is 88.6 Å². The lowest BCUT2D eigenvalue weighted by Gasteiger charge is -2.31. The molecule has 4 aromatic rings. The number of rotatable bonds is 2. The highest BCUT2D eigenvalue weighted by Crippen LogP contribution is 2.72. The molecule has 3 unspecified atom stereocenters. The largest absolute Gasteiger partial charge is 0.472 e. The number of aliphatic hydroxyl groups is 1. The minimum Gasteiger partial charge on any atom is -0.388 e. The predicted octanol–water partition coefficient (Wildman–Crippen LogP) is 0.0255. The number of aromatic amines is 1. The molecule has 6 heterocycles. The molecule has 23 heteroatoms. The molecule has 4 aromatic heterocycles. The van der Waals surface area contributed by atoms with Gasteiger partial charge in [0.2, 0.25) is 0 Å². The van der Waals surface area contributed by atoms with Crippen molar-refractivity contribution in [3.05, 3.63) is 35.2 Å². The first-order valence-corrected chi connectivity index (χ1v) is 16.9. The predicted molar refractivity (Wildman–Crippen MR) is 148 cm³/mol. The van der Waals surface area contributed by atoms with Crippen LogP contribution in [0.3, 0.4) is 0 Å². The van der Waals surface area contributed by atoms with Gasteiger partial charge < -0.3 is 34.9 Å². The second-order valence-electron chi connectivity index (χ2n) is 11.7. The monoisotopic (exact) mass is 685 g/mol. The Balaban J connectivity index is 1.11. The minimum atomic E-state index is -5.05. The van der Waals surface area contributed by atoms with E-state index in [1.54, 1.807) is 6.92 Å². The van der Waals surface area contributed by atoms with Gasteiger partial charge in [0.1, 0.15) is 42.1 Å². The maximum Gasteiger partial charge on any atom is 0.472 e. The number of aryl methyl sites for hydroxylation is 1. The van der Waals surface area contributed by atoms with E-state index in [0.29, 0.717) is 0 Å². The number of nitrogens with one attached hydrogen (secondary N) is 1. The van der Waals surface area contributed by atoms with Crippen LogP contribution in [0.15, 0.2) is 23.8 Å². The van der Waals surface area contributed by atoms with Crippen LogP contribution in [0.25, 0.3) is 22.3 Å². The average Bonchev–Trinajstić information content (AvgIpc) is 3.25. The molecule has 0 bridgehead atoms. The Kier molecular flexibility index (Phi) is 6.64. The number of ether oxygens (including phenoxy) is 1. The summed E-state index contributed by atoms with van der Waals surface area (Å²) < 4.78 is 72.2. The molecule has 4 fully saturated rings. The van der Waals surface area contributed by atoms with Gasteiger partial charge in [0, 0.05) is 5.41 Å². The van der Waals surface area contributed by atoms with Crippen molar-refractivity contribution in [2.45, 2.75) is 56.2 Å². The van der Waals surface area contributed by atoms with Crippen molar-refractivity contribution in [2.75, 3.05) is 18.9 Å². The van der Waals surface area contributed by atoms with E-state index in [1.807, 2.05) is 0 Å². The van der Waals surface area contributed by atoms with Crippen LogP contribution in [0.2, 0.25) is 0 Å². The van der Waals surface area contributed by atoms with Gasteiger partial charge in [0.25, 0.3) is 5.56 Å². The van der Waals surface area contributed by atoms with Gasteiger partial charge in [-0.3, -0.25) is 27.5 Å². The Morgan fingerprint density at radius 3 is 2.61 bits per heavy atom. The van der Waals surface area contributed by atoms with Gasteiger partial charge in [-0.05, 0) is 19.3 Å². The molecule has 0 aromatic carbocycles. The van der Waals surface area contributed by atoms with Crippen molar-refractivity contribution in [3.63, 3.8) is 0 Å². The third-order valence-corrected chi connectivity index (χ3v) is 11.0. The van der Waals surface area contributed by atoms with Crippen LogP contribution in [0, 0.1) is 18.3 Å². The summed E-state index contributed by atoms with van der Waals surface area (Å²) in [6, 6.07) is -0.891. The van der Waals surface area contributed by atoms with Gasteiger partial charge in [-0.25, -0.2) is 38.4 Å². The lowest BCUT2D eigenvalue weighted by molar-refractivity contribution is -0.0663. The van der Waals surface area contributed by atoms with Crippen LogP contribution < -0.4 is 11.3 Å². The van der Waals surface area contributed by atoms with Crippen LogP contribution in [0.1, 0.15) is 24.5 Å². The molecule has 2 aliphatic heterocycles. The number of aromatic nitrogens is 8. The number of aliphatic hydroxyl groups excluding tert-OH is 1. The van der Waals surface area contributed by atoms with Gasteiger partial charge in [-0.15, -0.1) is 0 Å². The van der Waals surface area contributed by atoms with Gasteiger partial charge in [0.05, 0.1) is 31.9 Å². The lowest BCUT2D eigenvalue weighted by atomic mass is 10.0.